The van der Waals surface area contributed by atoms with E-state index in [9.17, 15) is 0 Å². The van der Waals surface area contributed by atoms with Gasteiger partial charge in [-0.05, 0) is 19.2 Å². The molecule has 0 fully saturated rings. The van der Waals surface area contributed by atoms with Crippen LogP contribution in [0.5, 0.6) is 17.2 Å². The highest BCUT2D eigenvalue weighted by Gasteiger charge is 2.04. The molecule has 0 saturated carbocycles. The molecule has 0 saturated heterocycles. The average Bonchev–Trinajstić information content (AvgIpc) is 2.29. The van der Waals surface area contributed by atoms with Crippen LogP contribution in [0.15, 0.2) is 18.2 Å². The first-order chi connectivity index (χ1) is 7.31. The molecule has 1 aromatic rings. The van der Waals surface area contributed by atoms with Crippen LogP contribution in [-0.4, -0.2) is 34.4 Å². The van der Waals surface area contributed by atoms with E-state index in [1.807, 2.05) is 25.2 Å². The molecular formula is C11H17NO3. The van der Waals surface area contributed by atoms with Crippen molar-refractivity contribution in [1.82, 2.24) is 5.32 Å². The fourth-order valence-corrected chi connectivity index (χ4v) is 1.18. The lowest BCUT2D eigenvalue weighted by Crippen LogP contribution is -2.15. The molecule has 0 spiro atoms. The molecule has 0 atom stereocenters. The molecule has 1 aromatic carbocycles. The minimum Gasteiger partial charge on any atom is -0.493 e. The van der Waals surface area contributed by atoms with Gasteiger partial charge in [-0.25, -0.2) is 0 Å². The van der Waals surface area contributed by atoms with Crippen LogP contribution in [0.3, 0.4) is 0 Å². The topological polar surface area (TPSA) is 39.7 Å². The Morgan fingerprint density at radius 3 is 2.47 bits per heavy atom. The first-order valence-corrected chi connectivity index (χ1v) is 4.81. The van der Waals surface area contributed by atoms with Crippen LogP contribution in [-0.2, 0) is 0 Å². The monoisotopic (exact) mass is 211 g/mol. The van der Waals surface area contributed by atoms with Crippen LogP contribution >= 0.6 is 0 Å². The van der Waals surface area contributed by atoms with Gasteiger partial charge in [-0.2, -0.15) is 0 Å². The van der Waals surface area contributed by atoms with E-state index in [1.54, 1.807) is 14.2 Å². The first kappa shape index (κ1) is 11.7. The molecule has 0 bridgehead atoms. The molecule has 15 heavy (non-hydrogen) atoms. The van der Waals surface area contributed by atoms with Crippen molar-refractivity contribution in [3.63, 3.8) is 0 Å². The summed E-state index contributed by atoms with van der Waals surface area (Å²) >= 11 is 0. The summed E-state index contributed by atoms with van der Waals surface area (Å²) < 4.78 is 15.8. The number of nitrogens with one attached hydrogen (secondary N) is 1. The largest absolute Gasteiger partial charge is 0.493 e. The predicted octanol–water partition coefficient (Wildman–Crippen LogP) is 1.30. The maximum absolute atomic E-state index is 5.49. The summed E-state index contributed by atoms with van der Waals surface area (Å²) in [4.78, 5) is 0. The zero-order valence-corrected chi connectivity index (χ0v) is 9.37. The second-order valence-corrected chi connectivity index (χ2v) is 2.97. The van der Waals surface area contributed by atoms with Crippen molar-refractivity contribution in [2.24, 2.45) is 0 Å². The van der Waals surface area contributed by atoms with Crippen molar-refractivity contribution in [3.8, 4) is 17.2 Å². The lowest BCUT2D eigenvalue weighted by atomic mass is 10.3. The van der Waals surface area contributed by atoms with Crippen molar-refractivity contribution in [1.29, 1.82) is 0 Å². The van der Waals surface area contributed by atoms with Gasteiger partial charge in [0, 0.05) is 12.6 Å². The van der Waals surface area contributed by atoms with Gasteiger partial charge in [0.2, 0.25) is 0 Å². The maximum Gasteiger partial charge on any atom is 0.164 e. The Morgan fingerprint density at radius 2 is 1.87 bits per heavy atom. The van der Waals surface area contributed by atoms with E-state index in [-0.39, 0.29) is 0 Å². The molecule has 0 heterocycles. The fraction of sp³-hybridized carbons (Fsp3) is 0.455. The van der Waals surface area contributed by atoms with Gasteiger partial charge in [-0.3, -0.25) is 0 Å². The number of benzene rings is 1. The molecule has 0 amide bonds. The lowest BCUT2D eigenvalue weighted by molar-refractivity contribution is 0.311. The number of hydrogen-bond acceptors (Lipinski definition) is 4. The average molecular weight is 211 g/mol. The van der Waals surface area contributed by atoms with Gasteiger partial charge < -0.3 is 19.5 Å². The Labute approximate surface area is 90.1 Å². The molecule has 1 rings (SSSR count). The van der Waals surface area contributed by atoms with Crippen LogP contribution in [0.1, 0.15) is 0 Å². The van der Waals surface area contributed by atoms with Gasteiger partial charge in [0.05, 0.1) is 14.2 Å². The van der Waals surface area contributed by atoms with Gasteiger partial charge in [0.15, 0.2) is 11.5 Å². The van der Waals surface area contributed by atoms with E-state index in [1.165, 1.54) is 0 Å². The Morgan fingerprint density at radius 1 is 1.13 bits per heavy atom. The molecule has 84 valence electrons. The van der Waals surface area contributed by atoms with E-state index in [4.69, 9.17) is 14.2 Å². The third-order valence-electron chi connectivity index (χ3n) is 1.98. The third kappa shape index (κ3) is 3.32. The molecule has 0 radical (unpaired) electrons. The van der Waals surface area contributed by atoms with Gasteiger partial charge in [-0.15, -0.1) is 0 Å². The standard InChI is InChI=1S/C11H17NO3/c1-12-6-7-15-9-4-5-10(13-2)11(8-9)14-3/h4-5,8,12H,6-7H2,1-3H3. The summed E-state index contributed by atoms with van der Waals surface area (Å²) in [7, 11) is 5.10. The van der Waals surface area contributed by atoms with Gasteiger partial charge >= 0.3 is 0 Å². The Hall–Kier alpha value is -1.42. The van der Waals surface area contributed by atoms with Crippen molar-refractivity contribution in [2.75, 3.05) is 34.4 Å². The number of likely N-dealkylation sites (N-methyl/N-ethyl adjacent to an activating group) is 1. The van der Waals surface area contributed by atoms with Gasteiger partial charge in [-0.1, -0.05) is 0 Å². The molecule has 4 heteroatoms. The quantitative estimate of drug-likeness (QED) is 0.720. The predicted molar refractivity (Wildman–Crippen MR) is 59.0 cm³/mol. The molecule has 1 N–H and O–H groups in total. The zero-order chi connectivity index (χ0) is 11.1. The highest BCUT2D eigenvalue weighted by molar-refractivity contribution is 5.45. The molecule has 4 nitrogen and oxygen atoms in total. The van der Waals surface area contributed by atoms with Crippen molar-refractivity contribution in [2.45, 2.75) is 0 Å². The SMILES string of the molecule is CNCCOc1ccc(OC)c(OC)c1. The summed E-state index contributed by atoms with van der Waals surface area (Å²) in [6.45, 7) is 1.44. The second kappa shape index (κ2) is 6.14. The highest BCUT2D eigenvalue weighted by Crippen LogP contribution is 2.30. The van der Waals surface area contributed by atoms with Crippen molar-refractivity contribution < 1.29 is 14.2 Å². The van der Waals surface area contributed by atoms with Crippen LogP contribution in [0.2, 0.25) is 0 Å². The Kier molecular flexibility index (Phi) is 4.77. The maximum atomic E-state index is 5.49. The molecule has 0 aliphatic rings. The number of rotatable bonds is 6. The van der Waals surface area contributed by atoms with Crippen LogP contribution in [0.25, 0.3) is 0 Å². The Bertz CT molecular complexity index is 302. The minimum absolute atomic E-state index is 0.631. The van der Waals surface area contributed by atoms with Crippen LogP contribution in [0.4, 0.5) is 0 Å². The van der Waals surface area contributed by atoms with Crippen molar-refractivity contribution in [3.05, 3.63) is 18.2 Å². The first-order valence-electron chi connectivity index (χ1n) is 4.81. The summed E-state index contributed by atoms with van der Waals surface area (Å²) in [5.74, 6) is 2.17. The lowest BCUT2D eigenvalue weighted by Gasteiger charge is -2.10. The summed E-state index contributed by atoms with van der Waals surface area (Å²) in [5.41, 5.74) is 0. The third-order valence-corrected chi connectivity index (χ3v) is 1.98. The normalized spacial score (nSPS) is 9.80. The Balaban J connectivity index is 2.66. The van der Waals surface area contributed by atoms with E-state index >= 15 is 0 Å². The van der Waals surface area contributed by atoms with Gasteiger partial charge in [0.25, 0.3) is 0 Å². The zero-order valence-electron chi connectivity index (χ0n) is 9.37. The smallest absolute Gasteiger partial charge is 0.164 e. The molecular weight excluding hydrogens is 194 g/mol. The minimum atomic E-state index is 0.631. The highest BCUT2D eigenvalue weighted by atomic mass is 16.5. The fourth-order valence-electron chi connectivity index (χ4n) is 1.18. The summed E-state index contributed by atoms with van der Waals surface area (Å²) in [6.07, 6.45) is 0. The van der Waals surface area contributed by atoms with E-state index in [0.29, 0.717) is 18.1 Å². The van der Waals surface area contributed by atoms with E-state index < -0.39 is 0 Å². The van der Waals surface area contributed by atoms with Crippen molar-refractivity contribution >= 4 is 0 Å². The summed E-state index contributed by atoms with van der Waals surface area (Å²) in [6, 6.07) is 5.50. The molecule has 0 unspecified atom stereocenters. The van der Waals surface area contributed by atoms with E-state index in [2.05, 4.69) is 5.32 Å². The number of methoxy groups -OCH3 is 2. The molecule has 0 aromatic heterocycles. The number of ether oxygens (including phenoxy) is 3. The molecule has 0 aliphatic heterocycles. The second-order valence-electron chi connectivity index (χ2n) is 2.97. The number of hydrogen-bond donors (Lipinski definition) is 1. The molecule has 0 aliphatic carbocycles. The van der Waals surface area contributed by atoms with E-state index in [0.717, 1.165) is 12.3 Å². The summed E-state index contributed by atoms with van der Waals surface area (Å²) in [5, 5.41) is 3.01. The van der Waals surface area contributed by atoms with Gasteiger partial charge in [0.1, 0.15) is 12.4 Å². The van der Waals surface area contributed by atoms with Crippen LogP contribution < -0.4 is 19.5 Å². The van der Waals surface area contributed by atoms with Crippen LogP contribution in [0, 0.1) is 0 Å².